The number of benzene rings is 1. The zero-order valence-electron chi connectivity index (χ0n) is 14.3. The quantitative estimate of drug-likeness (QED) is 0.637. The van der Waals surface area contributed by atoms with E-state index >= 15 is 0 Å². The van der Waals surface area contributed by atoms with Crippen LogP contribution in [0.2, 0.25) is 0 Å². The Hall–Kier alpha value is -3.19. The number of hydrogen-bond donors (Lipinski definition) is 0. The Kier molecular flexibility index (Phi) is 4.60. The number of para-hydroxylation sites is 1. The molecule has 1 aliphatic rings. The van der Waals surface area contributed by atoms with Crippen LogP contribution in [0.5, 0.6) is 0 Å². The Morgan fingerprint density at radius 3 is 2.59 bits per heavy atom. The van der Waals surface area contributed by atoms with Gasteiger partial charge in [0.2, 0.25) is 5.91 Å². The van der Waals surface area contributed by atoms with Gasteiger partial charge < -0.3 is 9.32 Å². The number of amides is 3. The van der Waals surface area contributed by atoms with Crippen LogP contribution in [0.1, 0.15) is 21.9 Å². The zero-order valence-corrected chi connectivity index (χ0v) is 15.1. The summed E-state index contributed by atoms with van der Waals surface area (Å²) in [5.41, 5.74) is 0.511. The number of hydrogen-bond acceptors (Lipinski definition) is 5. The third kappa shape index (κ3) is 3.29. The third-order valence-corrected chi connectivity index (χ3v) is 5.27. The van der Waals surface area contributed by atoms with Crippen LogP contribution in [-0.2, 0) is 16.1 Å². The Bertz CT molecular complexity index is 951. The van der Waals surface area contributed by atoms with Crippen molar-refractivity contribution in [1.82, 2.24) is 4.90 Å². The maximum atomic E-state index is 13.0. The average Bonchev–Trinajstić information content (AvgIpc) is 3.42. The summed E-state index contributed by atoms with van der Waals surface area (Å²) in [6.07, 6.45) is 1.36. The Morgan fingerprint density at radius 1 is 1.11 bits per heavy atom. The number of imide groups is 1. The van der Waals surface area contributed by atoms with Gasteiger partial charge in [0.05, 0.1) is 24.9 Å². The lowest BCUT2D eigenvalue weighted by Crippen LogP contribution is -2.44. The number of carbonyl (C=O) groups excluding carboxylic acids is 3. The van der Waals surface area contributed by atoms with Gasteiger partial charge in [0.25, 0.3) is 11.8 Å². The molecule has 27 heavy (non-hydrogen) atoms. The maximum Gasteiger partial charge on any atom is 0.290 e. The number of nitrogens with zero attached hydrogens (tertiary/aromatic N) is 2. The van der Waals surface area contributed by atoms with E-state index in [1.54, 1.807) is 36.4 Å². The summed E-state index contributed by atoms with van der Waals surface area (Å²) >= 11 is 1.49. The van der Waals surface area contributed by atoms with Gasteiger partial charge in [-0.25, -0.2) is 4.90 Å². The van der Waals surface area contributed by atoms with Crippen LogP contribution in [0.3, 0.4) is 0 Å². The van der Waals surface area contributed by atoms with Gasteiger partial charge in [-0.2, -0.15) is 0 Å². The molecule has 7 heteroatoms. The van der Waals surface area contributed by atoms with Gasteiger partial charge in [-0.05, 0) is 35.7 Å². The molecular formula is C20H16N2O4S. The van der Waals surface area contributed by atoms with Gasteiger partial charge in [-0.1, -0.05) is 24.3 Å². The molecule has 6 nitrogen and oxygen atoms in total. The summed E-state index contributed by atoms with van der Waals surface area (Å²) in [7, 11) is 0. The molecule has 0 bridgehead atoms. The normalized spacial score (nSPS) is 16.7. The van der Waals surface area contributed by atoms with Crippen molar-refractivity contribution in [2.45, 2.75) is 19.0 Å². The zero-order chi connectivity index (χ0) is 18.8. The Labute approximate surface area is 159 Å². The first-order valence-electron chi connectivity index (χ1n) is 8.44. The Balaban J connectivity index is 1.66. The van der Waals surface area contributed by atoms with Crippen LogP contribution in [-0.4, -0.2) is 28.7 Å². The van der Waals surface area contributed by atoms with Crippen molar-refractivity contribution in [3.63, 3.8) is 0 Å². The van der Waals surface area contributed by atoms with E-state index in [0.29, 0.717) is 5.69 Å². The average molecular weight is 380 g/mol. The van der Waals surface area contributed by atoms with Gasteiger partial charge in [-0.15, -0.1) is 11.3 Å². The molecule has 2 aromatic heterocycles. The molecule has 1 aromatic carbocycles. The Morgan fingerprint density at radius 2 is 1.93 bits per heavy atom. The highest BCUT2D eigenvalue weighted by Gasteiger charge is 2.45. The molecule has 1 atom stereocenters. The van der Waals surface area contributed by atoms with Crippen molar-refractivity contribution in [2.24, 2.45) is 0 Å². The summed E-state index contributed by atoms with van der Waals surface area (Å²) < 4.78 is 5.23. The molecule has 3 amide bonds. The van der Waals surface area contributed by atoms with Crippen molar-refractivity contribution in [3.8, 4) is 0 Å². The van der Waals surface area contributed by atoms with E-state index in [9.17, 15) is 14.4 Å². The topological polar surface area (TPSA) is 70.8 Å². The summed E-state index contributed by atoms with van der Waals surface area (Å²) in [5.74, 6) is -0.985. The summed E-state index contributed by atoms with van der Waals surface area (Å²) in [6, 6.07) is 14.8. The predicted octanol–water partition coefficient (Wildman–Crippen LogP) is 3.32. The number of rotatable bonds is 5. The molecule has 1 fully saturated rings. The van der Waals surface area contributed by atoms with Gasteiger partial charge in [0.15, 0.2) is 5.76 Å². The van der Waals surface area contributed by atoms with Gasteiger partial charge >= 0.3 is 0 Å². The lowest BCUT2D eigenvalue weighted by Gasteiger charge is -2.26. The van der Waals surface area contributed by atoms with E-state index < -0.39 is 17.9 Å². The second kappa shape index (κ2) is 7.20. The first-order chi connectivity index (χ1) is 13.1. The van der Waals surface area contributed by atoms with Crippen LogP contribution < -0.4 is 4.90 Å². The molecule has 3 aromatic rings. The molecule has 0 radical (unpaired) electrons. The summed E-state index contributed by atoms with van der Waals surface area (Å²) in [4.78, 5) is 42.1. The van der Waals surface area contributed by atoms with Gasteiger partial charge in [0, 0.05) is 4.88 Å². The van der Waals surface area contributed by atoms with Crippen molar-refractivity contribution in [3.05, 3.63) is 76.9 Å². The monoisotopic (exact) mass is 380 g/mol. The molecule has 136 valence electrons. The fraction of sp³-hybridized carbons (Fsp3) is 0.150. The maximum absolute atomic E-state index is 13.0. The molecule has 1 unspecified atom stereocenters. The van der Waals surface area contributed by atoms with E-state index in [-0.39, 0.29) is 24.6 Å². The largest absolute Gasteiger partial charge is 0.459 e. The van der Waals surface area contributed by atoms with E-state index in [0.717, 1.165) is 9.78 Å². The molecule has 1 aliphatic heterocycles. The van der Waals surface area contributed by atoms with Crippen LogP contribution in [0.25, 0.3) is 0 Å². The lowest BCUT2D eigenvalue weighted by molar-refractivity contribution is -0.122. The van der Waals surface area contributed by atoms with Crippen molar-refractivity contribution in [1.29, 1.82) is 0 Å². The fourth-order valence-corrected chi connectivity index (χ4v) is 3.85. The first kappa shape index (κ1) is 17.2. The second-order valence-corrected chi connectivity index (χ2v) is 7.14. The summed E-state index contributed by atoms with van der Waals surface area (Å²) in [5, 5.41) is 1.91. The highest BCUT2D eigenvalue weighted by Crippen LogP contribution is 2.28. The smallest absolute Gasteiger partial charge is 0.290 e. The fourth-order valence-electron chi connectivity index (χ4n) is 3.14. The minimum absolute atomic E-state index is 0.0500. The molecule has 0 aliphatic carbocycles. The van der Waals surface area contributed by atoms with Crippen LogP contribution in [0, 0.1) is 0 Å². The minimum Gasteiger partial charge on any atom is -0.459 e. The number of anilines is 1. The minimum atomic E-state index is -0.864. The van der Waals surface area contributed by atoms with E-state index in [4.69, 9.17) is 4.42 Å². The van der Waals surface area contributed by atoms with Crippen molar-refractivity contribution < 1.29 is 18.8 Å². The van der Waals surface area contributed by atoms with Gasteiger partial charge in [0.1, 0.15) is 6.04 Å². The number of carbonyl (C=O) groups is 3. The van der Waals surface area contributed by atoms with E-state index in [1.165, 1.54) is 22.5 Å². The number of furan rings is 1. The molecule has 0 saturated carbocycles. The molecule has 0 spiro atoms. The third-order valence-electron chi connectivity index (χ3n) is 4.41. The SMILES string of the molecule is O=C1CC(N(Cc2cccs2)C(=O)c2ccco2)C(=O)N1c1ccccc1. The van der Waals surface area contributed by atoms with Crippen LogP contribution in [0.4, 0.5) is 5.69 Å². The van der Waals surface area contributed by atoms with E-state index in [2.05, 4.69) is 0 Å². The molecule has 3 heterocycles. The summed E-state index contributed by atoms with van der Waals surface area (Å²) in [6.45, 7) is 0.240. The van der Waals surface area contributed by atoms with Gasteiger partial charge in [-0.3, -0.25) is 14.4 Å². The van der Waals surface area contributed by atoms with Crippen LogP contribution in [0.15, 0.2) is 70.7 Å². The number of thiophene rings is 1. The second-order valence-electron chi connectivity index (χ2n) is 6.11. The highest BCUT2D eigenvalue weighted by molar-refractivity contribution is 7.09. The molecule has 0 N–H and O–H groups in total. The lowest BCUT2D eigenvalue weighted by atomic mass is 10.2. The van der Waals surface area contributed by atoms with Crippen molar-refractivity contribution >= 4 is 34.7 Å². The molecular weight excluding hydrogens is 364 g/mol. The standard InChI is InChI=1S/C20H16N2O4S/c23-18-12-16(19(24)22(18)14-6-2-1-3-7-14)21(13-15-8-5-11-27-15)20(25)17-9-4-10-26-17/h1-11,16H,12-13H2. The van der Waals surface area contributed by atoms with Crippen molar-refractivity contribution in [2.75, 3.05) is 4.90 Å². The predicted molar refractivity (Wildman–Crippen MR) is 100 cm³/mol. The first-order valence-corrected chi connectivity index (χ1v) is 9.32. The van der Waals surface area contributed by atoms with Crippen LogP contribution >= 0.6 is 11.3 Å². The molecule has 1 saturated heterocycles. The highest BCUT2D eigenvalue weighted by atomic mass is 32.1. The van der Waals surface area contributed by atoms with E-state index in [1.807, 2.05) is 23.6 Å². The molecule has 4 rings (SSSR count).